The number of carbonyl (C=O) groups is 1. The van der Waals surface area contributed by atoms with Gasteiger partial charge in [0.1, 0.15) is 0 Å². The van der Waals surface area contributed by atoms with Crippen LogP contribution in [0.25, 0.3) is 0 Å². The van der Waals surface area contributed by atoms with E-state index >= 15 is 0 Å². The molecule has 0 unspecified atom stereocenters. The van der Waals surface area contributed by atoms with Gasteiger partial charge in [0.15, 0.2) is 0 Å². The van der Waals surface area contributed by atoms with Crippen molar-refractivity contribution in [3.8, 4) is 0 Å². The van der Waals surface area contributed by atoms with Gasteiger partial charge < -0.3 is 15.0 Å². The Morgan fingerprint density at radius 1 is 1.28 bits per heavy atom. The average Bonchev–Trinajstić information content (AvgIpc) is 3.46. The number of aromatic nitrogens is 1. The van der Waals surface area contributed by atoms with Gasteiger partial charge in [0, 0.05) is 62.9 Å². The zero-order chi connectivity index (χ0) is 17.1. The number of amides is 1. The van der Waals surface area contributed by atoms with E-state index in [-0.39, 0.29) is 17.9 Å². The molecule has 0 aromatic carbocycles. The molecule has 3 heterocycles. The molecule has 3 atom stereocenters. The van der Waals surface area contributed by atoms with Gasteiger partial charge in [0.25, 0.3) is 0 Å². The van der Waals surface area contributed by atoms with Crippen LogP contribution in [0.3, 0.4) is 0 Å². The van der Waals surface area contributed by atoms with Crippen molar-refractivity contribution in [1.82, 2.24) is 15.2 Å². The highest BCUT2D eigenvalue weighted by Gasteiger charge is 2.42. The smallest absolute Gasteiger partial charge is 0.223 e. The van der Waals surface area contributed by atoms with Crippen LogP contribution in [-0.4, -0.2) is 54.7 Å². The number of hydrogen-bond donors (Lipinski definition) is 1. The van der Waals surface area contributed by atoms with Crippen LogP contribution in [0.5, 0.6) is 0 Å². The van der Waals surface area contributed by atoms with E-state index in [9.17, 15) is 4.79 Å². The minimum Gasteiger partial charge on any atom is -0.378 e. The fourth-order valence-corrected chi connectivity index (χ4v) is 4.33. The first-order valence-corrected chi connectivity index (χ1v) is 9.81. The molecule has 2 saturated heterocycles. The quantitative estimate of drug-likeness (QED) is 0.857. The predicted octanol–water partition coefficient (Wildman–Crippen LogP) is 1.88. The summed E-state index contributed by atoms with van der Waals surface area (Å²) in [6, 6.07) is 5.91. The summed E-state index contributed by atoms with van der Waals surface area (Å²) in [5.41, 5.74) is 1.03. The highest BCUT2D eigenvalue weighted by atomic mass is 16.5. The van der Waals surface area contributed by atoms with Gasteiger partial charge in [-0.3, -0.25) is 9.78 Å². The summed E-state index contributed by atoms with van der Waals surface area (Å²) in [5, 5.41) is 3.15. The molecule has 0 bridgehead atoms. The maximum Gasteiger partial charge on any atom is 0.223 e. The largest absolute Gasteiger partial charge is 0.378 e. The second kappa shape index (κ2) is 7.83. The van der Waals surface area contributed by atoms with Gasteiger partial charge in [-0.15, -0.1) is 0 Å². The van der Waals surface area contributed by atoms with E-state index in [1.807, 2.05) is 18.2 Å². The molecule has 136 valence electrons. The van der Waals surface area contributed by atoms with E-state index in [2.05, 4.69) is 15.2 Å². The number of fused-ring (bicyclic) bond motifs is 1. The highest BCUT2D eigenvalue weighted by molar-refractivity contribution is 5.79. The van der Waals surface area contributed by atoms with Crippen LogP contribution in [-0.2, 0) is 16.0 Å². The molecule has 0 spiro atoms. The molecule has 1 aromatic rings. The van der Waals surface area contributed by atoms with Crippen molar-refractivity contribution < 1.29 is 9.53 Å². The van der Waals surface area contributed by atoms with E-state index in [4.69, 9.17) is 4.74 Å². The van der Waals surface area contributed by atoms with Gasteiger partial charge in [0.2, 0.25) is 5.91 Å². The SMILES string of the molecule is O=C(NCCc1ccccn1)[C@@H]1CCO[C@@H]2CCN(CC3CC3)C[C@@H]21. The average molecular weight is 343 g/mol. The molecule has 5 heteroatoms. The van der Waals surface area contributed by atoms with Crippen LogP contribution in [0, 0.1) is 17.8 Å². The molecule has 3 fully saturated rings. The molecule has 2 aliphatic heterocycles. The van der Waals surface area contributed by atoms with Crippen molar-refractivity contribution in [3.05, 3.63) is 30.1 Å². The number of nitrogens with zero attached hydrogens (tertiary/aromatic N) is 2. The van der Waals surface area contributed by atoms with Gasteiger partial charge in [0.05, 0.1) is 6.10 Å². The molecule has 1 aliphatic carbocycles. The minimum absolute atomic E-state index is 0.101. The molecular formula is C20H29N3O2. The third-order valence-electron chi connectivity index (χ3n) is 5.91. The molecule has 3 aliphatic rings. The summed E-state index contributed by atoms with van der Waals surface area (Å²) < 4.78 is 5.99. The fraction of sp³-hybridized carbons (Fsp3) is 0.700. The molecule has 1 N–H and O–H groups in total. The summed E-state index contributed by atoms with van der Waals surface area (Å²) in [5.74, 6) is 1.58. The number of likely N-dealkylation sites (tertiary alicyclic amines) is 1. The van der Waals surface area contributed by atoms with E-state index in [0.717, 1.165) is 50.6 Å². The topological polar surface area (TPSA) is 54.5 Å². The Hall–Kier alpha value is -1.46. The third-order valence-corrected chi connectivity index (χ3v) is 5.91. The number of rotatable bonds is 6. The number of nitrogens with one attached hydrogen (secondary N) is 1. The van der Waals surface area contributed by atoms with E-state index < -0.39 is 0 Å². The van der Waals surface area contributed by atoms with Crippen molar-refractivity contribution in [3.63, 3.8) is 0 Å². The second-order valence-corrected chi connectivity index (χ2v) is 7.82. The number of hydrogen-bond acceptors (Lipinski definition) is 4. The first kappa shape index (κ1) is 17.0. The van der Waals surface area contributed by atoms with Crippen molar-refractivity contribution in [2.75, 3.05) is 32.8 Å². The van der Waals surface area contributed by atoms with Crippen LogP contribution in [0.1, 0.15) is 31.4 Å². The Morgan fingerprint density at radius 3 is 3.00 bits per heavy atom. The van der Waals surface area contributed by atoms with Gasteiger partial charge >= 0.3 is 0 Å². The van der Waals surface area contributed by atoms with E-state index in [0.29, 0.717) is 12.5 Å². The van der Waals surface area contributed by atoms with Crippen LogP contribution >= 0.6 is 0 Å². The van der Waals surface area contributed by atoms with Gasteiger partial charge in [-0.2, -0.15) is 0 Å². The Morgan fingerprint density at radius 2 is 2.20 bits per heavy atom. The number of pyridine rings is 1. The van der Waals surface area contributed by atoms with Gasteiger partial charge in [-0.05, 0) is 43.7 Å². The van der Waals surface area contributed by atoms with Gasteiger partial charge in [-0.1, -0.05) is 6.07 Å². The summed E-state index contributed by atoms with van der Waals surface area (Å²) in [7, 11) is 0. The standard InChI is InChI=1S/C20H29N3O2/c24-20(22-10-6-16-3-1-2-9-21-16)17-8-12-25-19-7-11-23(14-18(17)19)13-15-4-5-15/h1-3,9,15,17-19H,4-8,10-14H2,(H,22,24)/t17-,18-,19-/m1/s1. The third kappa shape index (κ3) is 4.39. The van der Waals surface area contributed by atoms with Gasteiger partial charge in [-0.25, -0.2) is 0 Å². The predicted molar refractivity (Wildman–Crippen MR) is 96.1 cm³/mol. The molecule has 0 radical (unpaired) electrons. The van der Waals surface area contributed by atoms with Crippen molar-refractivity contribution in [2.24, 2.45) is 17.8 Å². The normalized spacial score (nSPS) is 29.8. The molecule has 25 heavy (non-hydrogen) atoms. The monoisotopic (exact) mass is 343 g/mol. The maximum absolute atomic E-state index is 12.8. The first-order valence-electron chi connectivity index (χ1n) is 9.81. The molecular weight excluding hydrogens is 314 g/mol. The lowest BCUT2D eigenvalue weighted by molar-refractivity contribution is -0.141. The van der Waals surface area contributed by atoms with E-state index in [1.54, 1.807) is 6.20 Å². The molecule has 5 nitrogen and oxygen atoms in total. The number of piperidine rings is 1. The van der Waals surface area contributed by atoms with Crippen molar-refractivity contribution in [1.29, 1.82) is 0 Å². The Bertz CT molecular complexity index is 576. The van der Waals surface area contributed by atoms with Crippen molar-refractivity contribution >= 4 is 5.91 Å². The maximum atomic E-state index is 12.8. The fourth-order valence-electron chi connectivity index (χ4n) is 4.33. The van der Waals surface area contributed by atoms with Crippen LogP contribution in [0.4, 0.5) is 0 Å². The lowest BCUT2D eigenvalue weighted by Crippen LogP contribution is -2.53. The highest BCUT2D eigenvalue weighted by Crippen LogP contribution is 2.36. The molecule has 1 amide bonds. The van der Waals surface area contributed by atoms with Crippen LogP contribution < -0.4 is 5.32 Å². The van der Waals surface area contributed by atoms with Crippen LogP contribution in [0.15, 0.2) is 24.4 Å². The van der Waals surface area contributed by atoms with Crippen molar-refractivity contribution in [2.45, 2.75) is 38.2 Å². The number of carbonyl (C=O) groups excluding carboxylic acids is 1. The Balaban J connectivity index is 1.30. The zero-order valence-corrected chi connectivity index (χ0v) is 14.9. The summed E-state index contributed by atoms with van der Waals surface area (Å²) in [6.45, 7) is 4.76. The summed E-state index contributed by atoms with van der Waals surface area (Å²) in [6.07, 6.45) is 7.57. The van der Waals surface area contributed by atoms with Crippen LogP contribution in [0.2, 0.25) is 0 Å². The lowest BCUT2D eigenvalue weighted by Gasteiger charge is -2.44. The zero-order valence-electron chi connectivity index (χ0n) is 14.9. The summed E-state index contributed by atoms with van der Waals surface area (Å²) >= 11 is 0. The molecule has 4 rings (SSSR count). The molecule has 1 saturated carbocycles. The van der Waals surface area contributed by atoms with E-state index in [1.165, 1.54) is 19.4 Å². The number of ether oxygens (including phenoxy) is 1. The first-order chi connectivity index (χ1) is 12.3. The Kier molecular flexibility index (Phi) is 5.32. The second-order valence-electron chi connectivity index (χ2n) is 7.82. The molecule has 1 aromatic heterocycles. The lowest BCUT2D eigenvalue weighted by atomic mass is 9.79. The Labute approximate surface area is 150 Å². The minimum atomic E-state index is 0.101. The summed E-state index contributed by atoms with van der Waals surface area (Å²) in [4.78, 5) is 19.7.